The van der Waals surface area contributed by atoms with Gasteiger partial charge in [-0.15, -0.1) is 0 Å². The van der Waals surface area contributed by atoms with Crippen molar-refractivity contribution >= 4 is 11.6 Å². The van der Waals surface area contributed by atoms with Gasteiger partial charge in [-0.2, -0.15) is 5.10 Å². The zero-order chi connectivity index (χ0) is 14.7. The summed E-state index contributed by atoms with van der Waals surface area (Å²) in [6, 6.07) is 9.73. The van der Waals surface area contributed by atoms with Crippen molar-refractivity contribution in [1.29, 1.82) is 0 Å². The smallest absolute Gasteiger partial charge is 0.252 e. The molecule has 1 aromatic heterocycles. The highest BCUT2D eigenvalue weighted by Gasteiger charge is 2.41. The lowest BCUT2D eigenvalue weighted by molar-refractivity contribution is -0.126. The number of piperidine rings is 1. The summed E-state index contributed by atoms with van der Waals surface area (Å²) in [4.78, 5) is 12.9. The van der Waals surface area contributed by atoms with Gasteiger partial charge < -0.3 is 10.6 Å². The Morgan fingerprint density at radius 1 is 1.29 bits per heavy atom. The van der Waals surface area contributed by atoms with Gasteiger partial charge in [-0.25, -0.2) is 0 Å². The van der Waals surface area contributed by atoms with E-state index in [9.17, 15) is 4.79 Å². The number of carbonyl (C=O) groups excluding carboxylic acids is 1. The number of hydrogen-bond acceptors (Lipinski definition) is 3. The highest BCUT2D eigenvalue weighted by atomic mass is 16.2. The minimum absolute atomic E-state index is 0.0107. The van der Waals surface area contributed by atoms with E-state index < -0.39 is 5.54 Å². The van der Waals surface area contributed by atoms with Crippen LogP contribution in [0.5, 0.6) is 0 Å². The minimum Gasteiger partial charge on any atom is -0.324 e. The monoisotopic (exact) mass is 284 g/mol. The van der Waals surface area contributed by atoms with Gasteiger partial charge in [-0.05, 0) is 51.1 Å². The van der Waals surface area contributed by atoms with Crippen LogP contribution >= 0.6 is 0 Å². The van der Waals surface area contributed by atoms with Crippen molar-refractivity contribution in [2.75, 3.05) is 18.4 Å². The molecule has 0 radical (unpaired) electrons. The maximum atomic E-state index is 12.9. The topological polar surface area (TPSA) is 59.0 Å². The summed E-state index contributed by atoms with van der Waals surface area (Å²) in [5.41, 5.74) is 1.41. The highest BCUT2D eigenvalue weighted by molar-refractivity contribution is 5.96. The molecule has 0 atom stereocenters. The van der Waals surface area contributed by atoms with E-state index in [1.807, 2.05) is 43.5 Å². The first-order valence-electron chi connectivity index (χ1n) is 7.30. The number of benzene rings is 1. The summed E-state index contributed by atoms with van der Waals surface area (Å²) in [6.45, 7) is 3.67. The lowest BCUT2D eigenvalue weighted by Gasteiger charge is -2.36. The number of nitrogens with zero attached hydrogens (tertiary/aromatic N) is 2. The number of rotatable bonds is 3. The van der Waals surface area contributed by atoms with Crippen molar-refractivity contribution in [1.82, 2.24) is 15.1 Å². The molecular weight excluding hydrogens is 264 g/mol. The molecule has 2 aromatic rings. The third-order valence-corrected chi connectivity index (χ3v) is 4.11. The van der Waals surface area contributed by atoms with Gasteiger partial charge in [0.05, 0.1) is 0 Å². The number of hydrogen-bond donors (Lipinski definition) is 2. The number of aromatic nitrogens is 2. The largest absolute Gasteiger partial charge is 0.324 e. The predicted octanol–water partition coefficient (Wildman–Crippen LogP) is 1.91. The fourth-order valence-electron chi connectivity index (χ4n) is 2.81. The van der Waals surface area contributed by atoms with Crippen LogP contribution in [0.4, 0.5) is 5.69 Å². The molecular formula is C16H20N4O. The van der Waals surface area contributed by atoms with E-state index >= 15 is 0 Å². The molecule has 21 heavy (non-hydrogen) atoms. The summed E-state index contributed by atoms with van der Waals surface area (Å²) in [7, 11) is 0. The maximum absolute atomic E-state index is 12.9. The second-order valence-electron chi connectivity index (χ2n) is 5.55. The van der Waals surface area contributed by atoms with Gasteiger partial charge in [-0.3, -0.25) is 9.48 Å². The van der Waals surface area contributed by atoms with Crippen molar-refractivity contribution in [3.8, 4) is 0 Å². The molecule has 1 aromatic carbocycles. The molecule has 2 heterocycles. The van der Waals surface area contributed by atoms with Crippen LogP contribution in [-0.2, 0) is 10.3 Å². The quantitative estimate of drug-likeness (QED) is 0.905. The number of amides is 1. The maximum Gasteiger partial charge on any atom is 0.252 e. The molecule has 110 valence electrons. The van der Waals surface area contributed by atoms with Gasteiger partial charge in [0.15, 0.2) is 0 Å². The predicted molar refractivity (Wildman–Crippen MR) is 82.1 cm³/mol. The minimum atomic E-state index is -0.598. The van der Waals surface area contributed by atoms with Crippen molar-refractivity contribution in [3.05, 3.63) is 48.3 Å². The molecule has 1 saturated heterocycles. The second-order valence-corrected chi connectivity index (χ2v) is 5.55. The molecule has 0 unspecified atom stereocenters. The van der Waals surface area contributed by atoms with Crippen LogP contribution in [0, 0.1) is 6.92 Å². The first kappa shape index (κ1) is 13.8. The van der Waals surface area contributed by atoms with Gasteiger partial charge in [0, 0.05) is 18.1 Å². The Balaban J connectivity index is 1.86. The molecule has 1 fully saturated rings. The Bertz CT molecular complexity index is 598. The molecule has 3 rings (SSSR count). The lowest BCUT2D eigenvalue weighted by atomic mass is 9.87. The molecule has 0 bridgehead atoms. The summed E-state index contributed by atoms with van der Waals surface area (Å²) < 4.78 is 1.80. The van der Waals surface area contributed by atoms with Crippen LogP contribution in [0.15, 0.2) is 42.7 Å². The number of anilines is 1. The Morgan fingerprint density at radius 2 is 2.00 bits per heavy atom. The molecule has 1 aliphatic heterocycles. The number of carbonyl (C=O) groups is 1. The van der Waals surface area contributed by atoms with E-state index in [0.29, 0.717) is 0 Å². The van der Waals surface area contributed by atoms with Crippen LogP contribution < -0.4 is 10.6 Å². The van der Waals surface area contributed by atoms with Gasteiger partial charge in [0.1, 0.15) is 5.54 Å². The van der Waals surface area contributed by atoms with Crippen LogP contribution in [-0.4, -0.2) is 28.8 Å². The first-order chi connectivity index (χ1) is 10.2. The van der Waals surface area contributed by atoms with Gasteiger partial charge in [0.25, 0.3) is 5.91 Å². The SMILES string of the molecule is Cc1ccc(NC(=O)C2(n3cccn3)CCNCC2)cc1. The van der Waals surface area contributed by atoms with Crippen LogP contribution in [0.2, 0.25) is 0 Å². The van der Waals surface area contributed by atoms with Gasteiger partial charge in [0.2, 0.25) is 0 Å². The second kappa shape index (κ2) is 5.69. The molecule has 2 N–H and O–H groups in total. The Hall–Kier alpha value is -2.14. The summed E-state index contributed by atoms with van der Waals surface area (Å²) in [5.74, 6) is 0.0107. The Labute approximate surface area is 124 Å². The standard InChI is InChI=1S/C16H20N4O/c1-13-3-5-14(6-4-13)19-15(21)16(7-10-17-11-8-16)20-12-2-9-18-20/h2-6,9,12,17H,7-8,10-11H2,1H3,(H,19,21). The third kappa shape index (κ3) is 2.69. The van der Waals surface area contributed by atoms with Crippen molar-refractivity contribution in [3.63, 3.8) is 0 Å². The van der Waals surface area contributed by atoms with Crippen molar-refractivity contribution in [2.24, 2.45) is 0 Å². The zero-order valence-electron chi connectivity index (χ0n) is 12.2. The van der Waals surface area contributed by atoms with E-state index in [4.69, 9.17) is 0 Å². The lowest BCUT2D eigenvalue weighted by Crippen LogP contribution is -2.52. The van der Waals surface area contributed by atoms with E-state index in [1.54, 1.807) is 10.9 Å². The molecule has 0 aliphatic carbocycles. The number of nitrogens with one attached hydrogen (secondary N) is 2. The van der Waals surface area contributed by atoms with E-state index in [0.717, 1.165) is 31.6 Å². The van der Waals surface area contributed by atoms with Crippen molar-refractivity contribution < 1.29 is 4.79 Å². The van der Waals surface area contributed by atoms with E-state index in [1.165, 1.54) is 5.56 Å². The zero-order valence-corrected chi connectivity index (χ0v) is 12.2. The Kier molecular flexibility index (Phi) is 3.75. The van der Waals surface area contributed by atoms with Gasteiger partial charge in [-0.1, -0.05) is 17.7 Å². The molecule has 1 aliphatic rings. The average molecular weight is 284 g/mol. The van der Waals surface area contributed by atoms with E-state index in [-0.39, 0.29) is 5.91 Å². The average Bonchev–Trinajstić information content (AvgIpc) is 3.05. The molecule has 0 saturated carbocycles. The van der Waals surface area contributed by atoms with Crippen LogP contribution in [0.25, 0.3) is 0 Å². The first-order valence-corrected chi connectivity index (χ1v) is 7.30. The van der Waals surface area contributed by atoms with Crippen LogP contribution in [0.1, 0.15) is 18.4 Å². The fourth-order valence-corrected chi connectivity index (χ4v) is 2.81. The molecule has 5 heteroatoms. The summed E-state index contributed by atoms with van der Waals surface area (Å²) in [5, 5.41) is 10.7. The summed E-state index contributed by atoms with van der Waals surface area (Å²) in [6.07, 6.45) is 5.09. The van der Waals surface area contributed by atoms with Crippen LogP contribution in [0.3, 0.4) is 0 Å². The van der Waals surface area contributed by atoms with Crippen molar-refractivity contribution in [2.45, 2.75) is 25.3 Å². The fraction of sp³-hybridized carbons (Fsp3) is 0.375. The highest BCUT2D eigenvalue weighted by Crippen LogP contribution is 2.28. The number of aryl methyl sites for hydroxylation is 1. The third-order valence-electron chi connectivity index (χ3n) is 4.11. The summed E-state index contributed by atoms with van der Waals surface area (Å²) >= 11 is 0. The Morgan fingerprint density at radius 3 is 2.62 bits per heavy atom. The normalized spacial score (nSPS) is 17.4. The molecule has 0 spiro atoms. The van der Waals surface area contributed by atoms with E-state index in [2.05, 4.69) is 15.7 Å². The molecule has 5 nitrogen and oxygen atoms in total. The molecule has 1 amide bonds. The van der Waals surface area contributed by atoms with Gasteiger partial charge >= 0.3 is 0 Å².